The molecule has 0 heterocycles. The first-order valence-electron chi connectivity index (χ1n) is 22.0. The maximum absolute atomic E-state index is 11.2. The van der Waals surface area contributed by atoms with Gasteiger partial charge in [-0.15, -0.1) is 11.8 Å². The third-order valence-electron chi connectivity index (χ3n) is 9.65. The van der Waals surface area contributed by atoms with Crippen LogP contribution >= 0.6 is 11.8 Å². The minimum Gasteiger partial charge on any atom is -0.507 e. The zero-order valence-electron chi connectivity index (χ0n) is 43.0. The maximum Gasteiger partial charge on any atom is 0.139 e. The van der Waals surface area contributed by atoms with Crippen LogP contribution in [0, 0.1) is 20.8 Å². The van der Waals surface area contributed by atoms with E-state index in [-0.39, 0.29) is 63.3 Å². The molecule has 0 saturated carbocycles. The number of phenols is 3. The van der Waals surface area contributed by atoms with Gasteiger partial charge in [0.15, 0.2) is 0 Å². The van der Waals surface area contributed by atoms with Crippen LogP contribution in [0.15, 0.2) is 36.4 Å². The summed E-state index contributed by atoms with van der Waals surface area (Å²) in [6, 6.07) is 11.9. The van der Waals surface area contributed by atoms with Gasteiger partial charge in [-0.1, -0.05) is 113 Å². The molecule has 0 spiro atoms. The van der Waals surface area contributed by atoms with Crippen LogP contribution in [0.1, 0.15) is 193 Å². The molecule has 1 unspecified atom stereocenters. The number of carbonyl (C=O) groups is 6. The first-order valence-corrected chi connectivity index (χ1v) is 23.2. The number of rotatable bonds is 12. The number of aromatic hydroxyl groups is 3. The molecule has 3 aromatic carbocycles. The summed E-state index contributed by atoms with van der Waals surface area (Å²) in [5.41, 5.74) is 8.45. The van der Waals surface area contributed by atoms with Crippen molar-refractivity contribution in [2.45, 2.75) is 192 Å². The summed E-state index contributed by atoms with van der Waals surface area (Å²) in [4.78, 5) is 63.1. The molecule has 0 aliphatic rings. The smallest absolute Gasteiger partial charge is 0.139 e. The van der Waals surface area contributed by atoms with Gasteiger partial charge in [-0.05, 0) is 135 Å². The molecule has 10 heteroatoms. The molecule has 358 valence electrons. The predicted molar refractivity (Wildman–Crippen MR) is 267 cm³/mol. The van der Waals surface area contributed by atoms with Crippen LogP contribution in [0.4, 0.5) is 0 Å². The summed E-state index contributed by atoms with van der Waals surface area (Å²) in [5, 5.41) is 30.3. The van der Waals surface area contributed by atoms with Gasteiger partial charge in [0, 0.05) is 25.0 Å². The molecule has 9 nitrogen and oxygen atoms in total. The number of aryl methyl sites for hydroxylation is 3. The van der Waals surface area contributed by atoms with Crippen molar-refractivity contribution in [3.63, 3.8) is 0 Å². The number of hydrogen-bond donors (Lipinski definition) is 3. The number of hydrogen-bond acceptors (Lipinski definition) is 10. The summed E-state index contributed by atoms with van der Waals surface area (Å²) in [6.45, 7) is 37.5. The number of Topliss-reactive ketones (excluding diaryl/α,β-unsaturated/α-hetero) is 6. The highest BCUT2D eigenvalue weighted by molar-refractivity contribution is 7.99. The van der Waals surface area contributed by atoms with Gasteiger partial charge < -0.3 is 24.9 Å². The Labute approximate surface area is 390 Å². The molecule has 0 amide bonds. The van der Waals surface area contributed by atoms with Crippen LogP contribution in [-0.4, -0.2) is 55.8 Å². The minimum absolute atomic E-state index is 0.0625. The Hall–Kier alpha value is -4.57. The molecule has 1 atom stereocenters. The quantitative estimate of drug-likeness (QED) is 0.149. The maximum atomic E-state index is 11.2. The van der Waals surface area contributed by atoms with Crippen molar-refractivity contribution in [2.75, 3.05) is 5.75 Å². The van der Waals surface area contributed by atoms with E-state index in [0.29, 0.717) is 42.3 Å². The number of phenolic OH excluding ortho intramolecular Hbond substituents is 3. The van der Waals surface area contributed by atoms with Crippen molar-refractivity contribution in [1.82, 2.24) is 0 Å². The van der Waals surface area contributed by atoms with Crippen molar-refractivity contribution in [3.05, 3.63) is 86.5 Å². The second kappa shape index (κ2) is 27.7. The molecule has 0 aromatic heterocycles. The van der Waals surface area contributed by atoms with Crippen LogP contribution in [0.5, 0.6) is 17.2 Å². The molecule has 64 heavy (non-hydrogen) atoms. The normalized spacial score (nSPS) is 11.4. The average Bonchev–Trinajstić information content (AvgIpc) is 3.10. The van der Waals surface area contributed by atoms with E-state index in [9.17, 15) is 44.1 Å². The van der Waals surface area contributed by atoms with Crippen LogP contribution in [-0.2, 0) is 57.2 Å². The van der Waals surface area contributed by atoms with Gasteiger partial charge in [-0.2, -0.15) is 0 Å². The fourth-order valence-corrected chi connectivity index (χ4v) is 6.99. The summed E-state index contributed by atoms with van der Waals surface area (Å²) in [7, 11) is 0. The fourth-order valence-electron chi connectivity index (χ4n) is 6.20. The highest BCUT2D eigenvalue weighted by Crippen LogP contribution is 2.38. The summed E-state index contributed by atoms with van der Waals surface area (Å²) in [6.07, 6.45) is 1.73. The van der Waals surface area contributed by atoms with Crippen LogP contribution < -0.4 is 0 Å². The molecule has 0 aliphatic heterocycles. The predicted octanol–water partition coefficient (Wildman–Crippen LogP) is 12.6. The summed E-state index contributed by atoms with van der Waals surface area (Å²) < 4.78 is 0. The van der Waals surface area contributed by atoms with E-state index >= 15 is 0 Å². The van der Waals surface area contributed by atoms with E-state index < -0.39 is 0 Å². The topological polar surface area (TPSA) is 163 Å². The highest BCUT2D eigenvalue weighted by atomic mass is 32.2. The van der Waals surface area contributed by atoms with E-state index in [1.54, 1.807) is 39.5 Å². The second-order valence-electron chi connectivity index (χ2n) is 20.1. The van der Waals surface area contributed by atoms with Crippen molar-refractivity contribution < 1.29 is 44.1 Å². The van der Waals surface area contributed by atoms with Crippen LogP contribution in [0.2, 0.25) is 0 Å². The van der Waals surface area contributed by atoms with E-state index in [0.717, 1.165) is 50.3 Å². The van der Waals surface area contributed by atoms with Crippen molar-refractivity contribution in [2.24, 2.45) is 0 Å². The van der Waals surface area contributed by atoms with Gasteiger partial charge in [0.2, 0.25) is 0 Å². The number of carbonyl (C=O) groups excluding carboxylic acids is 6. The molecule has 0 fully saturated rings. The van der Waals surface area contributed by atoms with E-state index in [4.69, 9.17) is 0 Å². The molecule has 0 radical (unpaired) electrons. The molecule has 0 saturated heterocycles. The average molecular weight is 907 g/mol. The van der Waals surface area contributed by atoms with Gasteiger partial charge in [-0.3, -0.25) is 19.2 Å². The number of benzene rings is 3. The lowest BCUT2D eigenvalue weighted by Crippen LogP contribution is -2.13. The lowest BCUT2D eigenvalue weighted by molar-refractivity contribution is -0.125. The molecule has 3 N–H and O–H groups in total. The molecule has 0 aliphatic carbocycles. The highest BCUT2D eigenvalue weighted by Gasteiger charge is 2.23. The summed E-state index contributed by atoms with van der Waals surface area (Å²) in [5.74, 6) is 3.34. The Morgan fingerprint density at radius 3 is 1.19 bits per heavy atom. The largest absolute Gasteiger partial charge is 0.507 e. The van der Waals surface area contributed by atoms with Crippen molar-refractivity contribution in [1.29, 1.82) is 0 Å². The van der Waals surface area contributed by atoms with Crippen LogP contribution in [0.3, 0.4) is 0 Å². The SMILES string of the molecule is CC(=O)CC(C)=O.CC(=O)CC(C)c1cc(C)c(O)c(C(C)(C)C)c1.CC(=O)CSCc1cc(C)c(O)c(C(C)(C)C)c1.CC(=O)Cc1cc(C)c(O)c(C(C)(C)C)c1.CCC(C)=O. The first kappa shape index (κ1) is 61.5. The van der Waals surface area contributed by atoms with Gasteiger partial charge in [-0.25, -0.2) is 0 Å². The van der Waals surface area contributed by atoms with E-state index in [2.05, 4.69) is 75.3 Å². The standard InChI is InChI=1S/C16H24O2.C15H22O2S.C14H20O2.C5H8O2.C4H8O/c1-10(7-12(3)17)13-8-11(2)15(18)14(9-13)16(4,5)6;1-10-6-12(9-18-8-11(2)16)7-13(14(10)17)15(3,4)5;1-9-6-11(7-10(2)15)8-12(13(9)16)14(3,4)5;1-4(6)3-5(2)7;1-3-4(2)5/h8-10,18H,7H2,1-6H3;6-7,17H,8-9H2,1-5H3;6,8,16H,7H2,1-5H3;3H2,1-2H3;3H2,1-2H3. The Bertz CT molecular complexity index is 2040. The van der Waals surface area contributed by atoms with Gasteiger partial charge in [0.1, 0.15) is 51.9 Å². The zero-order valence-corrected chi connectivity index (χ0v) is 43.8. The molecular weight excluding hydrogens is 825 g/mol. The Morgan fingerprint density at radius 2 is 0.875 bits per heavy atom. The van der Waals surface area contributed by atoms with Crippen molar-refractivity contribution >= 4 is 46.5 Å². The van der Waals surface area contributed by atoms with Gasteiger partial charge in [0.05, 0.1) is 12.2 Å². The Kier molecular flexibility index (Phi) is 26.6. The lowest BCUT2D eigenvalue weighted by atomic mass is 9.82. The monoisotopic (exact) mass is 907 g/mol. The zero-order chi connectivity index (χ0) is 50.7. The van der Waals surface area contributed by atoms with Crippen molar-refractivity contribution in [3.8, 4) is 17.2 Å². The minimum atomic E-state index is -0.109. The van der Waals surface area contributed by atoms with Crippen LogP contribution in [0.25, 0.3) is 0 Å². The molecule has 3 rings (SSSR count). The number of ketones is 6. The Balaban J connectivity index is 0. The lowest BCUT2D eigenvalue weighted by Gasteiger charge is -2.24. The molecule has 0 bridgehead atoms. The van der Waals surface area contributed by atoms with Gasteiger partial charge >= 0.3 is 0 Å². The van der Waals surface area contributed by atoms with Gasteiger partial charge in [0.25, 0.3) is 0 Å². The van der Waals surface area contributed by atoms with E-state index in [1.807, 2.05) is 58.0 Å². The fraction of sp³-hybridized carbons (Fsp3) is 0.556. The van der Waals surface area contributed by atoms with E-state index in [1.165, 1.54) is 19.4 Å². The molecule has 3 aromatic rings. The summed E-state index contributed by atoms with van der Waals surface area (Å²) >= 11 is 1.62. The third-order valence-corrected chi connectivity index (χ3v) is 10.8. The second-order valence-corrected chi connectivity index (χ2v) is 21.1. The Morgan fingerprint density at radius 1 is 0.516 bits per heavy atom. The molecular formula is C54H82O9S. The number of thioether (sulfide) groups is 1. The third kappa shape index (κ3) is 25.1. The first-order chi connectivity index (χ1) is 28.9.